The highest BCUT2D eigenvalue weighted by Gasteiger charge is 2.28. The van der Waals surface area contributed by atoms with Crippen LogP contribution in [0.15, 0.2) is 24.3 Å². The van der Waals surface area contributed by atoms with Gasteiger partial charge in [-0.3, -0.25) is 11.3 Å². The van der Waals surface area contributed by atoms with Crippen LogP contribution in [0.4, 0.5) is 5.69 Å². The Labute approximate surface area is 123 Å². The van der Waals surface area contributed by atoms with Crippen LogP contribution in [0.2, 0.25) is 0 Å². The minimum absolute atomic E-state index is 0.282. The number of rotatable bonds is 5. The van der Waals surface area contributed by atoms with Gasteiger partial charge in [-0.1, -0.05) is 38.3 Å². The molecule has 0 bridgehead atoms. The second-order valence-corrected chi connectivity index (χ2v) is 6.33. The molecule has 0 radical (unpaired) electrons. The first-order chi connectivity index (χ1) is 9.65. The summed E-state index contributed by atoms with van der Waals surface area (Å²) in [5, 5.41) is 0. The molecule has 3 atom stereocenters. The van der Waals surface area contributed by atoms with E-state index >= 15 is 0 Å². The molecule has 1 aliphatic rings. The third-order valence-electron chi connectivity index (χ3n) is 4.80. The maximum atomic E-state index is 5.89. The molecule has 3 N–H and O–H groups in total. The normalized spacial score (nSPS) is 24.4. The molecule has 3 nitrogen and oxygen atoms in total. The molecule has 0 saturated heterocycles. The molecule has 0 aliphatic heterocycles. The molecule has 1 saturated carbocycles. The SMILES string of the molecule is CCC1CCCC(C(NN)c2cccc(N(C)C)c2)C1. The van der Waals surface area contributed by atoms with Gasteiger partial charge in [0.2, 0.25) is 0 Å². The molecular weight excluding hydrogens is 246 g/mol. The van der Waals surface area contributed by atoms with Crippen LogP contribution in [0.3, 0.4) is 0 Å². The summed E-state index contributed by atoms with van der Waals surface area (Å²) in [7, 11) is 4.16. The van der Waals surface area contributed by atoms with E-state index in [-0.39, 0.29) is 6.04 Å². The summed E-state index contributed by atoms with van der Waals surface area (Å²) in [6.07, 6.45) is 6.62. The summed E-state index contributed by atoms with van der Waals surface area (Å²) in [6.45, 7) is 2.31. The van der Waals surface area contributed by atoms with Crippen molar-refractivity contribution in [2.45, 2.75) is 45.1 Å². The van der Waals surface area contributed by atoms with E-state index in [9.17, 15) is 0 Å². The molecule has 2 rings (SSSR count). The zero-order valence-corrected chi connectivity index (χ0v) is 13.1. The largest absolute Gasteiger partial charge is 0.378 e. The Balaban J connectivity index is 2.16. The number of benzene rings is 1. The van der Waals surface area contributed by atoms with Gasteiger partial charge in [0.15, 0.2) is 0 Å². The molecule has 3 unspecified atom stereocenters. The first-order valence-electron chi connectivity index (χ1n) is 7.89. The number of hydrogen-bond acceptors (Lipinski definition) is 3. The van der Waals surface area contributed by atoms with Gasteiger partial charge < -0.3 is 4.90 Å². The molecule has 0 heterocycles. The Kier molecular flexibility index (Phi) is 5.44. The number of hydrogen-bond donors (Lipinski definition) is 2. The second kappa shape index (κ2) is 7.09. The number of nitrogens with two attached hydrogens (primary N) is 1. The summed E-state index contributed by atoms with van der Waals surface area (Å²) in [5.74, 6) is 7.42. The van der Waals surface area contributed by atoms with Crippen LogP contribution < -0.4 is 16.2 Å². The van der Waals surface area contributed by atoms with Crippen LogP contribution in [0.5, 0.6) is 0 Å². The van der Waals surface area contributed by atoms with Crippen LogP contribution in [0, 0.1) is 11.8 Å². The molecule has 1 aromatic rings. The molecule has 1 aliphatic carbocycles. The van der Waals surface area contributed by atoms with Gasteiger partial charge in [0.25, 0.3) is 0 Å². The van der Waals surface area contributed by atoms with Crippen LogP contribution in [-0.2, 0) is 0 Å². The van der Waals surface area contributed by atoms with Crippen molar-refractivity contribution in [2.24, 2.45) is 17.7 Å². The fourth-order valence-electron chi connectivity index (χ4n) is 3.51. The van der Waals surface area contributed by atoms with Crippen molar-refractivity contribution in [3.63, 3.8) is 0 Å². The molecule has 1 fully saturated rings. The third-order valence-corrected chi connectivity index (χ3v) is 4.80. The van der Waals surface area contributed by atoms with Crippen molar-refractivity contribution in [1.29, 1.82) is 0 Å². The molecule has 3 heteroatoms. The molecule has 0 amide bonds. The number of anilines is 1. The Hall–Kier alpha value is -1.06. The molecule has 112 valence electrons. The Morgan fingerprint density at radius 1 is 1.35 bits per heavy atom. The first-order valence-corrected chi connectivity index (χ1v) is 7.89. The van der Waals surface area contributed by atoms with Gasteiger partial charge in [0, 0.05) is 25.8 Å². The average molecular weight is 275 g/mol. The Morgan fingerprint density at radius 3 is 2.80 bits per heavy atom. The van der Waals surface area contributed by atoms with Gasteiger partial charge in [-0.05, 0) is 42.4 Å². The number of nitrogens with zero attached hydrogens (tertiary/aromatic N) is 1. The van der Waals surface area contributed by atoms with Gasteiger partial charge in [-0.2, -0.15) is 0 Å². The van der Waals surface area contributed by atoms with E-state index in [4.69, 9.17) is 5.84 Å². The number of hydrazine groups is 1. The summed E-state index contributed by atoms with van der Waals surface area (Å²) < 4.78 is 0. The number of nitrogens with one attached hydrogen (secondary N) is 1. The van der Waals surface area contributed by atoms with Gasteiger partial charge in [-0.25, -0.2) is 0 Å². The molecule has 0 aromatic heterocycles. The minimum Gasteiger partial charge on any atom is -0.378 e. The lowest BCUT2D eigenvalue weighted by Gasteiger charge is -2.34. The van der Waals surface area contributed by atoms with Gasteiger partial charge in [0.05, 0.1) is 0 Å². The lowest BCUT2D eigenvalue weighted by molar-refractivity contribution is 0.210. The van der Waals surface area contributed by atoms with Crippen LogP contribution in [0.25, 0.3) is 0 Å². The van der Waals surface area contributed by atoms with E-state index in [1.165, 1.54) is 43.4 Å². The third kappa shape index (κ3) is 3.53. The molecular formula is C17H29N3. The van der Waals surface area contributed by atoms with Gasteiger partial charge in [0.1, 0.15) is 0 Å². The lowest BCUT2D eigenvalue weighted by Crippen LogP contribution is -2.36. The van der Waals surface area contributed by atoms with E-state index < -0.39 is 0 Å². The fourth-order valence-corrected chi connectivity index (χ4v) is 3.51. The van der Waals surface area contributed by atoms with Gasteiger partial charge in [-0.15, -0.1) is 0 Å². The van der Waals surface area contributed by atoms with Crippen molar-refractivity contribution < 1.29 is 0 Å². The van der Waals surface area contributed by atoms with Gasteiger partial charge >= 0.3 is 0 Å². The highest BCUT2D eigenvalue weighted by Crippen LogP contribution is 2.38. The standard InChI is InChI=1S/C17H29N3/c1-4-13-7-5-8-14(11-13)17(19-18)15-9-6-10-16(12-15)20(2)3/h6,9-10,12-14,17,19H,4-5,7-8,11,18H2,1-3H3. The highest BCUT2D eigenvalue weighted by molar-refractivity contribution is 5.47. The maximum Gasteiger partial charge on any atom is 0.0489 e. The van der Waals surface area contributed by atoms with Crippen LogP contribution >= 0.6 is 0 Å². The topological polar surface area (TPSA) is 41.3 Å². The Bertz CT molecular complexity index is 416. The molecule has 1 aromatic carbocycles. The Morgan fingerprint density at radius 2 is 2.15 bits per heavy atom. The van der Waals surface area contributed by atoms with E-state index in [0.29, 0.717) is 5.92 Å². The fraction of sp³-hybridized carbons (Fsp3) is 0.647. The van der Waals surface area contributed by atoms with Crippen molar-refractivity contribution in [3.05, 3.63) is 29.8 Å². The molecule has 20 heavy (non-hydrogen) atoms. The first kappa shape index (κ1) is 15.3. The van der Waals surface area contributed by atoms with E-state index in [1.54, 1.807) is 0 Å². The monoisotopic (exact) mass is 275 g/mol. The van der Waals surface area contributed by atoms with E-state index in [1.807, 2.05) is 0 Å². The van der Waals surface area contributed by atoms with Crippen molar-refractivity contribution in [3.8, 4) is 0 Å². The van der Waals surface area contributed by atoms with E-state index in [2.05, 4.69) is 55.6 Å². The smallest absolute Gasteiger partial charge is 0.0489 e. The van der Waals surface area contributed by atoms with Crippen LogP contribution in [-0.4, -0.2) is 14.1 Å². The zero-order chi connectivity index (χ0) is 14.5. The van der Waals surface area contributed by atoms with E-state index in [0.717, 1.165) is 5.92 Å². The van der Waals surface area contributed by atoms with Crippen molar-refractivity contribution >= 4 is 5.69 Å². The summed E-state index contributed by atoms with van der Waals surface area (Å²) in [4.78, 5) is 2.15. The molecule has 0 spiro atoms. The lowest BCUT2D eigenvalue weighted by atomic mass is 9.75. The minimum atomic E-state index is 0.282. The zero-order valence-electron chi connectivity index (χ0n) is 13.1. The predicted octanol–water partition coefficient (Wildman–Crippen LogP) is 3.47. The van der Waals surface area contributed by atoms with Crippen molar-refractivity contribution in [1.82, 2.24) is 5.43 Å². The summed E-state index contributed by atoms with van der Waals surface area (Å²) in [6, 6.07) is 9.03. The summed E-state index contributed by atoms with van der Waals surface area (Å²) >= 11 is 0. The highest BCUT2D eigenvalue weighted by atomic mass is 15.2. The van der Waals surface area contributed by atoms with Crippen molar-refractivity contribution in [2.75, 3.05) is 19.0 Å². The summed E-state index contributed by atoms with van der Waals surface area (Å²) in [5.41, 5.74) is 5.64. The average Bonchev–Trinajstić information content (AvgIpc) is 2.48. The van der Waals surface area contributed by atoms with Crippen LogP contribution in [0.1, 0.15) is 50.6 Å². The maximum absolute atomic E-state index is 5.89. The quantitative estimate of drug-likeness (QED) is 0.638. The second-order valence-electron chi connectivity index (χ2n) is 6.33. The predicted molar refractivity (Wildman–Crippen MR) is 86.6 cm³/mol.